The molecular formula is C16H28N2S. The van der Waals surface area contributed by atoms with Gasteiger partial charge in [0.1, 0.15) is 0 Å². The number of thiazole rings is 1. The van der Waals surface area contributed by atoms with Gasteiger partial charge in [-0.15, -0.1) is 11.3 Å². The van der Waals surface area contributed by atoms with Crippen LogP contribution in [0.4, 0.5) is 0 Å². The van der Waals surface area contributed by atoms with E-state index in [1.165, 1.54) is 49.4 Å². The maximum atomic E-state index is 4.65. The average molecular weight is 280 g/mol. The fraction of sp³-hybridized carbons (Fsp3) is 0.812. The van der Waals surface area contributed by atoms with Crippen molar-refractivity contribution in [1.82, 2.24) is 10.3 Å². The number of aryl methyl sites for hydroxylation is 1. The van der Waals surface area contributed by atoms with E-state index in [0.717, 1.165) is 11.8 Å². The third kappa shape index (κ3) is 4.88. The molecule has 2 nitrogen and oxygen atoms in total. The first-order valence-electron chi connectivity index (χ1n) is 7.60. The Kier molecular flexibility index (Phi) is 5.02. The molecule has 0 saturated heterocycles. The van der Waals surface area contributed by atoms with E-state index >= 15 is 0 Å². The van der Waals surface area contributed by atoms with Gasteiger partial charge >= 0.3 is 0 Å². The molecule has 1 fully saturated rings. The molecule has 1 aliphatic carbocycles. The van der Waals surface area contributed by atoms with Gasteiger partial charge in [0.2, 0.25) is 0 Å². The van der Waals surface area contributed by atoms with Gasteiger partial charge in [-0.3, -0.25) is 0 Å². The molecule has 1 aromatic rings. The van der Waals surface area contributed by atoms with Crippen molar-refractivity contribution < 1.29 is 0 Å². The predicted octanol–water partition coefficient (Wildman–Crippen LogP) is 4.19. The van der Waals surface area contributed by atoms with Crippen molar-refractivity contribution in [2.75, 3.05) is 6.54 Å². The summed E-state index contributed by atoms with van der Waals surface area (Å²) in [6.07, 6.45) is 6.77. The summed E-state index contributed by atoms with van der Waals surface area (Å²) in [5.74, 6) is 1.66. The lowest BCUT2D eigenvalue weighted by Gasteiger charge is -2.34. The largest absolute Gasteiger partial charge is 0.312 e. The molecule has 2 unspecified atom stereocenters. The van der Waals surface area contributed by atoms with Crippen molar-refractivity contribution in [2.45, 2.75) is 65.3 Å². The normalized spacial score (nSPS) is 24.6. The van der Waals surface area contributed by atoms with E-state index in [2.05, 4.69) is 43.4 Å². The highest BCUT2D eigenvalue weighted by Crippen LogP contribution is 2.33. The number of nitrogens with one attached hydrogen (secondary N) is 1. The molecule has 108 valence electrons. The molecule has 2 atom stereocenters. The lowest BCUT2D eigenvalue weighted by atomic mass is 9.77. The van der Waals surface area contributed by atoms with Gasteiger partial charge in [0.05, 0.1) is 5.01 Å². The number of hydrogen-bond donors (Lipinski definition) is 1. The minimum absolute atomic E-state index is 0.236. The zero-order valence-electron chi connectivity index (χ0n) is 12.8. The highest BCUT2D eigenvalue weighted by Gasteiger charge is 2.27. The second kappa shape index (κ2) is 6.36. The minimum atomic E-state index is 0.236. The Hall–Kier alpha value is -0.410. The van der Waals surface area contributed by atoms with E-state index < -0.39 is 0 Å². The SMILES string of the molecule is Cc1csc(CC2CCCCC2CNC(C)(C)C)n1. The smallest absolute Gasteiger partial charge is 0.0930 e. The zero-order chi connectivity index (χ0) is 13.9. The lowest BCUT2D eigenvalue weighted by Crippen LogP contribution is -2.41. The summed E-state index contributed by atoms with van der Waals surface area (Å²) < 4.78 is 0. The van der Waals surface area contributed by atoms with Crippen LogP contribution < -0.4 is 5.32 Å². The van der Waals surface area contributed by atoms with E-state index in [9.17, 15) is 0 Å². The third-order valence-corrected chi connectivity index (χ3v) is 5.05. The molecule has 2 rings (SSSR count). The molecule has 0 bridgehead atoms. The fourth-order valence-electron chi connectivity index (χ4n) is 2.98. The number of rotatable bonds is 4. The Morgan fingerprint density at radius 3 is 2.53 bits per heavy atom. The predicted molar refractivity (Wildman–Crippen MR) is 83.8 cm³/mol. The van der Waals surface area contributed by atoms with Crippen molar-refractivity contribution in [2.24, 2.45) is 11.8 Å². The molecule has 1 heterocycles. The fourth-order valence-corrected chi connectivity index (χ4v) is 3.85. The minimum Gasteiger partial charge on any atom is -0.312 e. The second-order valence-electron chi connectivity index (χ2n) is 7.02. The standard InChI is InChI=1S/C16H28N2S/c1-12-11-19-15(18-12)9-13-7-5-6-8-14(13)10-17-16(2,3)4/h11,13-14,17H,5-10H2,1-4H3. The van der Waals surface area contributed by atoms with E-state index in [1.54, 1.807) is 0 Å². The Bertz CT molecular complexity index is 392. The summed E-state index contributed by atoms with van der Waals surface area (Å²) >= 11 is 1.84. The topological polar surface area (TPSA) is 24.9 Å². The first-order chi connectivity index (χ1) is 8.94. The Morgan fingerprint density at radius 1 is 1.26 bits per heavy atom. The third-order valence-electron chi connectivity index (χ3n) is 4.06. The molecular weight excluding hydrogens is 252 g/mol. The number of hydrogen-bond acceptors (Lipinski definition) is 3. The summed E-state index contributed by atoms with van der Waals surface area (Å²) in [4.78, 5) is 4.65. The van der Waals surface area contributed by atoms with E-state index in [1.807, 2.05) is 11.3 Å². The van der Waals surface area contributed by atoms with Crippen LogP contribution in [-0.4, -0.2) is 17.1 Å². The van der Waals surface area contributed by atoms with Gasteiger partial charge < -0.3 is 5.32 Å². The molecule has 0 spiro atoms. The van der Waals surface area contributed by atoms with Crippen molar-refractivity contribution >= 4 is 11.3 Å². The Balaban J connectivity index is 1.92. The van der Waals surface area contributed by atoms with Gasteiger partial charge in [-0.25, -0.2) is 4.98 Å². The highest BCUT2D eigenvalue weighted by molar-refractivity contribution is 7.09. The molecule has 0 amide bonds. The summed E-state index contributed by atoms with van der Waals surface area (Å²) in [5.41, 5.74) is 1.42. The molecule has 1 saturated carbocycles. The Morgan fingerprint density at radius 2 is 1.95 bits per heavy atom. The van der Waals surface area contributed by atoms with Gasteiger partial charge in [0, 0.05) is 23.0 Å². The second-order valence-corrected chi connectivity index (χ2v) is 7.96. The average Bonchev–Trinajstić information content (AvgIpc) is 2.73. The van der Waals surface area contributed by atoms with Crippen LogP contribution in [0.5, 0.6) is 0 Å². The van der Waals surface area contributed by atoms with Crippen LogP contribution in [0.2, 0.25) is 0 Å². The van der Waals surface area contributed by atoms with Crippen LogP contribution in [0, 0.1) is 18.8 Å². The maximum Gasteiger partial charge on any atom is 0.0930 e. The summed E-state index contributed by atoms with van der Waals surface area (Å²) in [7, 11) is 0. The van der Waals surface area contributed by atoms with Crippen LogP contribution in [-0.2, 0) is 6.42 Å². The monoisotopic (exact) mass is 280 g/mol. The van der Waals surface area contributed by atoms with E-state index in [0.29, 0.717) is 0 Å². The van der Waals surface area contributed by atoms with Crippen LogP contribution in [0.1, 0.15) is 57.2 Å². The molecule has 19 heavy (non-hydrogen) atoms. The van der Waals surface area contributed by atoms with Crippen molar-refractivity contribution in [1.29, 1.82) is 0 Å². The molecule has 3 heteroatoms. The van der Waals surface area contributed by atoms with Crippen LogP contribution >= 0.6 is 11.3 Å². The van der Waals surface area contributed by atoms with Crippen molar-refractivity contribution in [3.63, 3.8) is 0 Å². The van der Waals surface area contributed by atoms with E-state index in [4.69, 9.17) is 0 Å². The number of nitrogens with zero attached hydrogens (tertiary/aromatic N) is 1. The molecule has 1 aliphatic rings. The van der Waals surface area contributed by atoms with Gasteiger partial charge in [-0.1, -0.05) is 12.8 Å². The molecule has 1 aromatic heterocycles. The van der Waals surface area contributed by atoms with Gasteiger partial charge in [-0.2, -0.15) is 0 Å². The van der Waals surface area contributed by atoms with Crippen LogP contribution in [0.3, 0.4) is 0 Å². The Labute approximate surface area is 122 Å². The summed E-state index contributed by atoms with van der Waals surface area (Å²) in [6.45, 7) is 10.0. The number of aromatic nitrogens is 1. The summed E-state index contributed by atoms with van der Waals surface area (Å²) in [6, 6.07) is 0. The first kappa shape index (κ1) is 15.0. The van der Waals surface area contributed by atoms with Crippen LogP contribution in [0.15, 0.2) is 5.38 Å². The first-order valence-corrected chi connectivity index (χ1v) is 8.48. The zero-order valence-corrected chi connectivity index (χ0v) is 13.6. The molecule has 1 N–H and O–H groups in total. The van der Waals surface area contributed by atoms with E-state index in [-0.39, 0.29) is 5.54 Å². The van der Waals surface area contributed by atoms with Gasteiger partial charge in [0.15, 0.2) is 0 Å². The van der Waals surface area contributed by atoms with Crippen molar-refractivity contribution in [3.05, 3.63) is 16.1 Å². The molecule has 0 aliphatic heterocycles. The summed E-state index contributed by atoms with van der Waals surface area (Å²) in [5, 5.41) is 7.21. The highest BCUT2D eigenvalue weighted by atomic mass is 32.1. The lowest BCUT2D eigenvalue weighted by molar-refractivity contribution is 0.213. The molecule has 0 aromatic carbocycles. The molecule has 0 radical (unpaired) electrons. The van der Waals surface area contributed by atoms with Crippen molar-refractivity contribution in [3.8, 4) is 0 Å². The van der Waals surface area contributed by atoms with Gasteiger partial charge in [-0.05, 0) is 58.9 Å². The van der Waals surface area contributed by atoms with Gasteiger partial charge in [0.25, 0.3) is 0 Å². The quantitative estimate of drug-likeness (QED) is 0.894. The van der Waals surface area contributed by atoms with Crippen LogP contribution in [0.25, 0.3) is 0 Å². The maximum absolute atomic E-state index is 4.65.